The summed E-state index contributed by atoms with van der Waals surface area (Å²) in [4.78, 5) is 1.22. The fraction of sp³-hybridized carbons (Fsp3) is 0.455. The molecule has 1 aliphatic rings. The summed E-state index contributed by atoms with van der Waals surface area (Å²) in [7, 11) is 0. The molecule has 0 aromatic heterocycles. The number of aliphatic hydroxyl groups excluding tert-OH is 1. The molecule has 1 saturated carbocycles. The molecular weight excluding hydrogens is 274 g/mol. The van der Waals surface area contributed by atoms with Crippen molar-refractivity contribution in [3.05, 3.63) is 28.7 Å². The van der Waals surface area contributed by atoms with Crippen molar-refractivity contribution in [2.75, 3.05) is 13.2 Å². The van der Waals surface area contributed by atoms with Crippen LogP contribution in [-0.4, -0.2) is 23.0 Å². The van der Waals surface area contributed by atoms with Crippen molar-refractivity contribution in [3.8, 4) is 0 Å². The van der Waals surface area contributed by atoms with Crippen LogP contribution >= 0.6 is 27.7 Å². The van der Waals surface area contributed by atoms with E-state index in [0.717, 1.165) is 10.9 Å². The predicted octanol–water partition coefficient (Wildman–Crippen LogP) is 2.25. The van der Waals surface area contributed by atoms with E-state index >= 15 is 0 Å². The number of halogens is 1. The van der Waals surface area contributed by atoms with Crippen molar-refractivity contribution in [1.29, 1.82) is 0 Å². The third-order valence-corrected chi connectivity index (χ3v) is 4.99. The van der Waals surface area contributed by atoms with Gasteiger partial charge in [0.2, 0.25) is 0 Å². The Morgan fingerprint density at radius 1 is 1.47 bits per heavy atom. The Morgan fingerprint density at radius 2 is 2.13 bits per heavy atom. The molecule has 0 heterocycles. The van der Waals surface area contributed by atoms with Gasteiger partial charge in [-0.3, -0.25) is 0 Å². The number of rotatable bonds is 4. The summed E-state index contributed by atoms with van der Waals surface area (Å²) >= 11 is 5.20. The van der Waals surface area contributed by atoms with E-state index in [1.807, 2.05) is 12.1 Å². The first-order chi connectivity index (χ1) is 7.20. The molecule has 1 aromatic rings. The van der Waals surface area contributed by atoms with Crippen LogP contribution in [0.3, 0.4) is 0 Å². The second kappa shape index (κ2) is 4.45. The fourth-order valence-corrected chi connectivity index (χ4v) is 3.36. The summed E-state index contributed by atoms with van der Waals surface area (Å²) in [5.41, 5.74) is 5.77. The highest BCUT2D eigenvalue weighted by molar-refractivity contribution is 9.10. The lowest BCUT2D eigenvalue weighted by Gasteiger charge is -2.13. The van der Waals surface area contributed by atoms with Gasteiger partial charge in [-0.05, 0) is 36.6 Å². The molecule has 15 heavy (non-hydrogen) atoms. The van der Waals surface area contributed by atoms with E-state index in [2.05, 4.69) is 28.1 Å². The molecule has 1 aromatic carbocycles. The van der Waals surface area contributed by atoms with E-state index in [-0.39, 0.29) is 11.4 Å². The molecule has 2 rings (SSSR count). The number of benzene rings is 1. The van der Waals surface area contributed by atoms with Crippen molar-refractivity contribution < 1.29 is 5.11 Å². The lowest BCUT2D eigenvalue weighted by atomic mass is 10.3. The van der Waals surface area contributed by atoms with Gasteiger partial charge in [-0.25, -0.2) is 0 Å². The molecule has 1 aliphatic carbocycles. The Hall–Kier alpha value is -0.0300. The van der Waals surface area contributed by atoms with Gasteiger partial charge in [0.1, 0.15) is 0 Å². The summed E-state index contributed by atoms with van der Waals surface area (Å²) in [5, 5.41) is 9.12. The third kappa shape index (κ3) is 2.38. The molecule has 4 heteroatoms. The lowest BCUT2D eigenvalue weighted by Crippen LogP contribution is -2.21. The highest BCUT2D eigenvalue weighted by Crippen LogP contribution is 2.55. The number of thioether (sulfide) groups is 1. The minimum absolute atomic E-state index is 0.0859. The van der Waals surface area contributed by atoms with E-state index in [4.69, 9.17) is 10.8 Å². The van der Waals surface area contributed by atoms with E-state index < -0.39 is 0 Å². The third-order valence-electron chi connectivity index (χ3n) is 2.88. The molecule has 0 radical (unpaired) electrons. The quantitative estimate of drug-likeness (QED) is 0.893. The van der Waals surface area contributed by atoms with Crippen LogP contribution in [0.2, 0.25) is 0 Å². The minimum Gasteiger partial charge on any atom is -0.396 e. The average molecular weight is 288 g/mol. The Kier molecular flexibility index (Phi) is 3.40. The molecule has 0 aliphatic heterocycles. The van der Waals surface area contributed by atoms with E-state index in [1.54, 1.807) is 11.8 Å². The zero-order valence-electron chi connectivity index (χ0n) is 8.32. The first kappa shape index (κ1) is 11.5. The molecule has 82 valence electrons. The van der Waals surface area contributed by atoms with Crippen LogP contribution in [-0.2, 0) is 0 Å². The second-order valence-corrected chi connectivity index (χ2v) is 6.31. The minimum atomic E-state index is 0.0859. The average Bonchev–Trinajstić information content (AvgIpc) is 2.96. The normalized spacial score (nSPS) is 29.1. The number of aliphatic hydroxyl groups is 1. The number of hydrogen-bond acceptors (Lipinski definition) is 3. The second-order valence-electron chi connectivity index (χ2n) is 3.91. The van der Waals surface area contributed by atoms with Crippen molar-refractivity contribution in [2.24, 2.45) is 11.7 Å². The maximum Gasteiger partial charge on any atom is 0.0473 e. The molecule has 2 atom stereocenters. The van der Waals surface area contributed by atoms with Crippen LogP contribution < -0.4 is 5.73 Å². The molecule has 0 bridgehead atoms. The summed E-state index contributed by atoms with van der Waals surface area (Å²) in [6.45, 7) is 0.889. The Balaban J connectivity index is 2.05. The molecule has 3 N–H and O–H groups in total. The van der Waals surface area contributed by atoms with Crippen LogP contribution in [0.5, 0.6) is 0 Å². The summed E-state index contributed by atoms with van der Waals surface area (Å²) in [6.07, 6.45) is 1.03. The van der Waals surface area contributed by atoms with Crippen LogP contribution in [0.4, 0.5) is 0 Å². The molecule has 0 spiro atoms. The molecule has 0 amide bonds. The molecule has 0 saturated heterocycles. The van der Waals surface area contributed by atoms with Gasteiger partial charge >= 0.3 is 0 Å². The highest BCUT2D eigenvalue weighted by Gasteiger charge is 2.53. The predicted molar refractivity (Wildman–Crippen MR) is 67.0 cm³/mol. The van der Waals surface area contributed by atoms with E-state index in [9.17, 15) is 0 Å². The van der Waals surface area contributed by atoms with Gasteiger partial charge in [0.25, 0.3) is 0 Å². The summed E-state index contributed by atoms with van der Waals surface area (Å²) < 4.78 is 1.17. The first-order valence-corrected chi connectivity index (χ1v) is 6.56. The fourth-order valence-electron chi connectivity index (χ4n) is 1.74. The number of nitrogens with two attached hydrogens (primary N) is 1. The SMILES string of the molecule is NCC1(Sc2ccc(Br)cc2)CC1CO. The van der Waals surface area contributed by atoms with Gasteiger partial charge in [-0.2, -0.15) is 0 Å². The van der Waals surface area contributed by atoms with E-state index in [0.29, 0.717) is 12.5 Å². The van der Waals surface area contributed by atoms with Gasteiger partial charge < -0.3 is 10.8 Å². The zero-order chi connectivity index (χ0) is 10.9. The van der Waals surface area contributed by atoms with E-state index in [1.165, 1.54) is 4.90 Å². The lowest BCUT2D eigenvalue weighted by molar-refractivity contribution is 0.272. The zero-order valence-corrected chi connectivity index (χ0v) is 10.7. The maximum atomic E-state index is 9.12. The number of hydrogen-bond donors (Lipinski definition) is 2. The van der Waals surface area contributed by atoms with Crippen molar-refractivity contribution in [1.82, 2.24) is 0 Å². The van der Waals surface area contributed by atoms with Crippen molar-refractivity contribution in [3.63, 3.8) is 0 Å². The standard InChI is InChI=1S/C11H14BrNOS/c12-9-1-3-10(4-2-9)15-11(7-13)5-8(11)6-14/h1-4,8,14H,5-7,13H2. The van der Waals surface area contributed by atoms with Crippen LogP contribution in [0.1, 0.15) is 6.42 Å². The largest absolute Gasteiger partial charge is 0.396 e. The molecule has 2 nitrogen and oxygen atoms in total. The monoisotopic (exact) mass is 287 g/mol. The smallest absolute Gasteiger partial charge is 0.0473 e. The summed E-state index contributed by atoms with van der Waals surface area (Å²) in [6, 6.07) is 8.23. The van der Waals surface area contributed by atoms with Gasteiger partial charge in [0.15, 0.2) is 0 Å². The van der Waals surface area contributed by atoms with Crippen LogP contribution in [0, 0.1) is 5.92 Å². The Bertz CT molecular complexity index is 343. The topological polar surface area (TPSA) is 46.2 Å². The first-order valence-electron chi connectivity index (χ1n) is 4.96. The van der Waals surface area contributed by atoms with Gasteiger partial charge in [0.05, 0.1) is 0 Å². The van der Waals surface area contributed by atoms with Crippen molar-refractivity contribution >= 4 is 27.7 Å². The van der Waals surface area contributed by atoms with Crippen LogP contribution in [0.25, 0.3) is 0 Å². The molecular formula is C11H14BrNOS. The van der Waals surface area contributed by atoms with Crippen molar-refractivity contribution in [2.45, 2.75) is 16.1 Å². The molecule has 2 unspecified atom stereocenters. The van der Waals surface area contributed by atoms with Gasteiger partial charge in [-0.15, -0.1) is 11.8 Å². The summed E-state index contributed by atoms with van der Waals surface area (Å²) in [5.74, 6) is 0.371. The van der Waals surface area contributed by atoms with Crippen LogP contribution in [0.15, 0.2) is 33.6 Å². The molecule has 1 fully saturated rings. The maximum absolute atomic E-state index is 9.12. The highest BCUT2D eigenvalue weighted by atomic mass is 79.9. The van der Waals surface area contributed by atoms with Gasteiger partial charge in [0, 0.05) is 27.3 Å². The Morgan fingerprint density at radius 3 is 2.60 bits per heavy atom. The Labute approximate surface area is 102 Å². The van der Waals surface area contributed by atoms with Gasteiger partial charge in [-0.1, -0.05) is 15.9 Å².